The minimum Gasteiger partial charge on any atom is -0.477 e. The van der Waals surface area contributed by atoms with Crippen LogP contribution in [-0.4, -0.2) is 25.2 Å². The summed E-state index contributed by atoms with van der Waals surface area (Å²) >= 11 is 7.46. The lowest BCUT2D eigenvalue weighted by Gasteiger charge is -2.11. The number of benzene rings is 3. The summed E-state index contributed by atoms with van der Waals surface area (Å²) in [5, 5.41) is 20.8. The van der Waals surface area contributed by atoms with Crippen LogP contribution < -0.4 is 5.32 Å². The summed E-state index contributed by atoms with van der Waals surface area (Å²) in [6, 6.07) is 23.2. The van der Waals surface area contributed by atoms with Crippen LogP contribution in [0.3, 0.4) is 0 Å². The molecule has 0 aliphatic carbocycles. The van der Waals surface area contributed by atoms with Gasteiger partial charge in [-0.25, -0.2) is 4.79 Å². The van der Waals surface area contributed by atoms with Crippen LogP contribution in [0, 0.1) is 0 Å². The number of hydrogen-bond acceptors (Lipinski definition) is 5. The molecule has 2 N–H and O–H groups in total. The number of fused-ring (bicyclic) bond motifs is 1. The number of carbonyl (C=O) groups is 1. The first kappa shape index (κ1) is 21.2. The zero-order chi connectivity index (χ0) is 22.8. The molecule has 0 aliphatic rings. The Labute approximate surface area is 199 Å². The molecule has 3 aromatic carbocycles. The third kappa shape index (κ3) is 4.46. The summed E-state index contributed by atoms with van der Waals surface area (Å²) < 4.78 is 5.72. The van der Waals surface area contributed by atoms with E-state index in [1.165, 1.54) is 11.5 Å². The molecule has 5 aromatic rings. The van der Waals surface area contributed by atoms with Gasteiger partial charge in [-0.3, -0.25) is 0 Å². The van der Waals surface area contributed by atoms with Gasteiger partial charge >= 0.3 is 5.97 Å². The SMILES string of the molecule is O=C(O)c1cc2c(NCc3ccc(-c4csnn4)cc3)cccc2n1Cc1cccc(Cl)c1. The van der Waals surface area contributed by atoms with Gasteiger partial charge in [-0.1, -0.05) is 58.6 Å². The number of hydrogen-bond donors (Lipinski definition) is 2. The molecular formula is C25H19ClN4O2S. The maximum atomic E-state index is 12.0. The van der Waals surface area contributed by atoms with Crippen molar-refractivity contribution in [2.75, 3.05) is 5.32 Å². The Kier molecular flexibility index (Phi) is 5.81. The predicted octanol–water partition coefficient (Wildman–Crippen LogP) is 6.17. The third-order valence-corrected chi connectivity index (χ3v) is 6.23. The van der Waals surface area contributed by atoms with E-state index in [9.17, 15) is 9.90 Å². The smallest absolute Gasteiger partial charge is 0.352 e. The van der Waals surface area contributed by atoms with E-state index in [0.29, 0.717) is 18.1 Å². The maximum absolute atomic E-state index is 12.0. The van der Waals surface area contributed by atoms with Crippen molar-refractivity contribution in [1.82, 2.24) is 14.2 Å². The molecule has 6 nitrogen and oxygen atoms in total. The highest BCUT2D eigenvalue weighted by Gasteiger charge is 2.17. The number of rotatable bonds is 7. The minimum absolute atomic E-state index is 0.237. The highest BCUT2D eigenvalue weighted by atomic mass is 35.5. The molecule has 8 heteroatoms. The summed E-state index contributed by atoms with van der Waals surface area (Å²) in [7, 11) is 0. The second-order valence-corrected chi connectivity index (χ2v) is 8.68. The number of nitrogens with one attached hydrogen (secondary N) is 1. The molecule has 5 rings (SSSR count). The van der Waals surface area contributed by atoms with Crippen LogP contribution in [0.5, 0.6) is 0 Å². The Bertz CT molecular complexity index is 1430. The predicted molar refractivity (Wildman–Crippen MR) is 132 cm³/mol. The van der Waals surface area contributed by atoms with Crippen LogP contribution >= 0.6 is 23.1 Å². The van der Waals surface area contributed by atoms with Gasteiger partial charge in [0.15, 0.2) is 0 Å². The number of nitrogens with zero attached hydrogens (tertiary/aromatic N) is 3. The topological polar surface area (TPSA) is 80.0 Å². The molecule has 33 heavy (non-hydrogen) atoms. The molecule has 0 radical (unpaired) electrons. The normalized spacial score (nSPS) is 11.1. The van der Waals surface area contributed by atoms with E-state index >= 15 is 0 Å². The van der Waals surface area contributed by atoms with Crippen molar-refractivity contribution in [3.63, 3.8) is 0 Å². The molecule has 0 bridgehead atoms. The molecule has 2 heterocycles. The fourth-order valence-electron chi connectivity index (χ4n) is 3.89. The number of carboxylic acid groups (broad SMARTS) is 1. The van der Waals surface area contributed by atoms with Crippen molar-refractivity contribution in [3.8, 4) is 11.3 Å². The highest BCUT2D eigenvalue weighted by molar-refractivity contribution is 7.03. The number of carboxylic acids is 1. The molecule has 2 aromatic heterocycles. The number of anilines is 1. The summed E-state index contributed by atoms with van der Waals surface area (Å²) in [5.74, 6) is -0.966. The molecule has 0 saturated carbocycles. The van der Waals surface area contributed by atoms with Crippen LogP contribution in [0.25, 0.3) is 22.2 Å². The van der Waals surface area contributed by atoms with Crippen molar-refractivity contribution in [3.05, 3.63) is 100 Å². The van der Waals surface area contributed by atoms with Crippen molar-refractivity contribution in [2.45, 2.75) is 13.1 Å². The van der Waals surface area contributed by atoms with Gasteiger partial charge in [-0.05, 0) is 53.0 Å². The van der Waals surface area contributed by atoms with Crippen LogP contribution in [0.15, 0.2) is 78.2 Å². The summed E-state index contributed by atoms with van der Waals surface area (Å²) in [6.07, 6.45) is 0. The Morgan fingerprint density at radius 2 is 1.85 bits per heavy atom. The lowest BCUT2D eigenvalue weighted by Crippen LogP contribution is -2.09. The van der Waals surface area contributed by atoms with Gasteiger partial charge in [-0.2, -0.15) is 0 Å². The van der Waals surface area contributed by atoms with Gasteiger partial charge in [0.1, 0.15) is 11.4 Å². The number of aromatic nitrogens is 3. The largest absolute Gasteiger partial charge is 0.477 e. The average Bonchev–Trinajstić information content (AvgIpc) is 3.47. The summed E-state index contributed by atoms with van der Waals surface area (Å²) in [4.78, 5) is 12.0. The molecule has 0 spiro atoms. The van der Waals surface area contributed by atoms with Crippen LogP contribution in [0.1, 0.15) is 21.6 Å². The summed E-state index contributed by atoms with van der Waals surface area (Å²) in [5.41, 5.74) is 5.91. The second-order valence-electron chi connectivity index (χ2n) is 7.63. The fourth-order valence-corrected chi connectivity index (χ4v) is 4.56. The third-order valence-electron chi connectivity index (χ3n) is 5.49. The van der Waals surface area contributed by atoms with Crippen molar-refractivity contribution in [1.29, 1.82) is 0 Å². The quantitative estimate of drug-likeness (QED) is 0.295. The lowest BCUT2D eigenvalue weighted by atomic mass is 10.1. The Morgan fingerprint density at radius 1 is 1.03 bits per heavy atom. The van der Waals surface area contributed by atoms with E-state index in [4.69, 9.17) is 11.6 Å². The highest BCUT2D eigenvalue weighted by Crippen LogP contribution is 2.29. The van der Waals surface area contributed by atoms with Crippen molar-refractivity contribution < 1.29 is 9.90 Å². The van der Waals surface area contributed by atoms with E-state index in [1.54, 1.807) is 12.1 Å². The molecular weight excluding hydrogens is 456 g/mol. The first-order valence-corrected chi connectivity index (χ1v) is 11.5. The van der Waals surface area contributed by atoms with E-state index < -0.39 is 5.97 Å². The Morgan fingerprint density at radius 3 is 2.58 bits per heavy atom. The molecule has 164 valence electrons. The molecule has 0 aliphatic heterocycles. The maximum Gasteiger partial charge on any atom is 0.352 e. The number of halogens is 1. The minimum atomic E-state index is -0.966. The monoisotopic (exact) mass is 474 g/mol. The second kappa shape index (κ2) is 9.05. The number of aromatic carboxylic acids is 1. The molecule has 0 atom stereocenters. The lowest BCUT2D eigenvalue weighted by molar-refractivity contribution is 0.0686. The van der Waals surface area contributed by atoms with E-state index in [1.807, 2.05) is 58.5 Å². The van der Waals surface area contributed by atoms with Gasteiger partial charge in [0.05, 0.1) is 5.52 Å². The van der Waals surface area contributed by atoms with Crippen LogP contribution in [0.4, 0.5) is 5.69 Å². The van der Waals surface area contributed by atoms with E-state index in [0.717, 1.165) is 39.0 Å². The van der Waals surface area contributed by atoms with Gasteiger partial charge < -0.3 is 15.0 Å². The van der Waals surface area contributed by atoms with Crippen LogP contribution in [-0.2, 0) is 13.1 Å². The summed E-state index contributed by atoms with van der Waals surface area (Å²) in [6.45, 7) is 1.03. The van der Waals surface area contributed by atoms with Crippen LogP contribution in [0.2, 0.25) is 5.02 Å². The Hall–Kier alpha value is -3.68. The standard InChI is InChI=1S/C25H19ClN4O2S/c26-19-4-1-3-17(11-19)14-30-23-6-2-5-21(20(23)12-24(30)25(31)32)27-13-16-7-9-18(10-8-16)22-15-33-29-28-22/h1-12,15,27H,13-14H2,(H,31,32). The first-order chi connectivity index (χ1) is 16.1. The van der Waals surface area contributed by atoms with Gasteiger partial charge in [0.2, 0.25) is 0 Å². The van der Waals surface area contributed by atoms with Gasteiger partial charge in [0, 0.05) is 40.1 Å². The molecule has 0 saturated heterocycles. The molecule has 0 fully saturated rings. The zero-order valence-electron chi connectivity index (χ0n) is 17.4. The van der Waals surface area contributed by atoms with E-state index in [-0.39, 0.29) is 5.69 Å². The molecule has 0 unspecified atom stereocenters. The zero-order valence-corrected chi connectivity index (χ0v) is 19.0. The fraction of sp³-hybridized carbons (Fsp3) is 0.0800. The average molecular weight is 475 g/mol. The van der Waals surface area contributed by atoms with Gasteiger partial charge in [0.25, 0.3) is 0 Å². The van der Waals surface area contributed by atoms with Crippen molar-refractivity contribution in [2.24, 2.45) is 0 Å². The Balaban J connectivity index is 1.42. The first-order valence-electron chi connectivity index (χ1n) is 10.3. The van der Waals surface area contributed by atoms with E-state index in [2.05, 4.69) is 27.0 Å². The van der Waals surface area contributed by atoms with Gasteiger partial charge in [-0.15, -0.1) is 5.10 Å². The molecule has 0 amide bonds. The van der Waals surface area contributed by atoms with Crippen molar-refractivity contribution >= 4 is 45.7 Å².